The number of piperidine rings is 1. The summed E-state index contributed by atoms with van der Waals surface area (Å²) in [6.45, 7) is 4.13. The molecular weight excluding hydrogens is 252 g/mol. The third-order valence-electron chi connectivity index (χ3n) is 4.48. The highest BCUT2D eigenvalue weighted by molar-refractivity contribution is 5.49. The van der Waals surface area contributed by atoms with Crippen molar-refractivity contribution in [3.63, 3.8) is 0 Å². The first-order valence-electron chi connectivity index (χ1n) is 7.57. The van der Waals surface area contributed by atoms with Crippen LogP contribution in [-0.4, -0.2) is 38.3 Å². The maximum Gasteiger partial charge on any atom is 0.165 e. The van der Waals surface area contributed by atoms with E-state index in [-0.39, 0.29) is 6.04 Å². The summed E-state index contributed by atoms with van der Waals surface area (Å²) in [5.74, 6) is 1.99. The quantitative estimate of drug-likeness (QED) is 0.919. The van der Waals surface area contributed by atoms with Crippen molar-refractivity contribution in [2.45, 2.75) is 25.3 Å². The Bertz CT molecular complexity index is 458. The molecule has 4 nitrogen and oxygen atoms in total. The summed E-state index contributed by atoms with van der Waals surface area (Å²) in [6.07, 6.45) is 3.99. The normalized spacial score (nSPS) is 26.7. The standard InChI is InChI=1S/C16H24N2O2/c1-19-14-7-5-6-13-15(17)12(11-20-16(13)14)10-18-8-3-2-4-9-18/h5-7,12,15H,2-4,8-11,17H2,1H3. The number of methoxy groups -OCH3 is 1. The summed E-state index contributed by atoms with van der Waals surface area (Å²) in [5.41, 5.74) is 7.55. The van der Waals surface area contributed by atoms with Crippen LogP contribution in [0.5, 0.6) is 11.5 Å². The highest BCUT2D eigenvalue weighted by atomic mass is 16.5. The van der Waals surface area contributed by atoms with Crippen molar-refractivity contribution in [1.29, 1.82) is 0 Å². The Morgan fingerprint density at radius 2 is 2.10 bits per heavy atom. The molecule has 0 radical (unpaired) electrons. The van der Waals surface area contributed by atoms with E-state index in [9.17, 15) is 0 Å². The lowest BCUT2D eigenvalue weighted by Gasteiger charge is -2.36. The van der Waals surface area contributed by atoms with Crippen LogP contribution in [0.25, 0.3) is 0 Å². The second-order valence-electron chi connectivity index (χ2n) is 5.84. The molecule has 0 aromatic heterocycles. The topological polar surface area (TPSA) is 47.7 Å². The molecular formula is C16H24N2O2. The summed E-state index contributed by atoms with van der Waals surface area (Å²) in [6, 6.07) is 6.02. The van der Waals surface area contributed by atoms with Crippen LogP contribution in [0.15, 0.2) is 18.2 Å². The summed E-state index contributed by atoms with van der Waals surface area (Å²) >= 11 is 0. The summed E-state index contributed by atoms with van der Waals surface area (Å²) in [4.78, 5) is 2.53. The lowest BCUT2D eigenvalue weighted by molar-refractivity contribution is 0.123. The maximum absolute atomic E-state index is 6.47. The van der Waals surface area contributed by atoms with Crippen molar-refractivity contribution in [2.24, 2.45) is 11.7 Å². The van der Waals surface area contributed by atoms with Gasteiger partial charge in [-0.1, -0.05) is 18.6 Å². The van der Waals surface area contributed by atoms with E-state index in [1.807, 2.05) is 12.1 Å². The largest absolute Gasteiger partial charge is 0.493 e. The molecule has 4 heteroatoms. The molecule has 1 aromatic rings. The van der Waals surface area contributed by atoms with Gasteiger partial charge in [-0.2, -0.15) is 0 Å². The van der Waals surface area contributed by atoms with Gasteiger partial charge in [-0.25, -0.2) is 0 Å². The van der Waals surface area contributed by atoms with Crippen LogP contribution in [0.4, 0.5) is 0 Å². The highest BCUT2D eigenvalue weighted by Gasteiger charge is 2.31. The average molecular weight is 276 g/mol. The second kappa shape index (κ2) is 6.02. The molecule has 1 saturated heterocycles. The Morgan fingerprint density at radius 1 is 1.30 bits per heavy atom. The highest BCUT2D eigenvalue weighted by Crippen LogP contribution is 2.40. The minimum absolute atomic E-state index is 0.0378. The minimum atomic E-state index is 0.0378. The molecule has 0 amide bonds. The van der Waals surface area contributed by atoms with Gasteiger partial charge >= 0.3 is 0 Å². The van der Waals surface area contributed by atoms with Gasteiger partial charge in [-0.05, 0) is 32.0 Å². The number of nitrogens with two attached hydrogens (primary N) is 1. The molecule has 3 rings (SSSR count). The molecule has 1 fully saturated rings. The number of rotatable bonds is 3. The van der Waals surface area contributed by atoms with Crippen molar-refractivity contribution in [2.75, 3.05) is 33.4 Å². The minimum Gasteiger partial charge on any atom is -0.493 e. The number of nitrogens with zero attached hydrogens (tertiary/aromatic N) is 1. The zero-order chi connectivity index (χ0) is 13.9. The number of likely N-dealkylation sites (tertiary alicyclic amines) is 1. The van der Waals surface area contributed by atoms with E-state index in [0.29, 0.717) is 12.5 Å². The molecule has 1 aromatic carbocycles. The average Bonchev–Trinajstić information content (AvgIpc) is 2.51. The van der Waals surface area contributed by atoms with Crippen LogP contribution >= 0.6 is 0 Å². The molecule has 20 heavy (non-hydrogen) atoms. The number of hydrogen-bond acceptors (Lipinski definition) is 4. The lowest BCUT2D eigenvalue weighted by atomic mass is 9.90. The number of fused-ring (bicyclic) bond motifs is 1. The third kappa shape index (κ3) is 2.63. The monoisotopic (exact) mass is 276 g/mol. The number of benzene rings is 1. The first-order valence-corrected chi connectivity index (χ1v) is 7.57. The van der Waals surface area contributed by atoms with Crippen molar-refractivity contribution < 1.29 is 9.47 Å². The number of hydrogen-bond donors (Lipinski definition) is 1. The fourth-order valence-electron chi connectivity index (χ4n) is 3.30. The smallest absolute Gasteiger partial charge is 0.165 e. The van der Waals surface area contributed by atoms with Crippen molar-refractivity contribution >= 4 is 0 Å². The molecule has 2 unspecified atom stereocenters. The zero-order valence-electron chi connectivity index (χ0n) is 12.2. The summed E-state index contributed by atoms with van der Waals surface area (Å²) in [5, 5.41) is 0. The number of ether oxygens (including phenoxy) is 2. The fourth-order valence-corrected chi connectivity index (χ4v) is 3.30. The van der Waals surface area contributed by atoms with Gasteiger partial charge < -0.3 is 20.1 Å². The Morgan fingerprint density at radius 3 is 2.85 bits per heavy atom. The molecule has 2 aliphatic heterocycles. The predicted octanol–water partition coefficient (Wildman–Crippen LogP) is 2.19. The van der Waals surface area contributed by atoms with Gasteiger partial charge in [0, 0.05) is 24.1 Å². The van der Waals surface area contributed by atoms with Crippen molar-refractivity contribution in [3.05, 3.63) is 23.8 Å². The first kappa shape index (κ1) is 13.7. The predicted molar refractivity (Wildman–Crippen MR) is 79.2 cm³/mol. The van der Waals surface area contributed by atoms with Gasteiger partial charge in [0.05, 0.1) is 13.7 Å². The Labute approximate surface area is 120 Å². The molecule has 110 valence electrons. The van der Waals surface area contributed by atoms with E-state index >= 15 is 0 Å². The molecule has 0 aliphatic carbocycles. The van der Waals surface area contributed by atoms with E-state index in [4.69, 9.17) is 15.2 Å². The molecule has 0 bridgehead atoms. The van der Waals surface area contributed by atoms with Crippen LogP contribution in [0.2, 0.25) is 0 Å². The van der Waals surface area contributed by atoms with Gasteiger partial charge in [0.1, 0.15) is 0 Å². The van der Waals surface area contributed by atoms with Gasteiger partial charge in [-0.3, -0.25) is 0 Å². The van der Waals surface area contributed by atoms with Crippen molar-refractivity contribution in [1.82, 2.24) is 4.90 Å². The Hall–Kier alpha value is -1.26. The SMILES string of the molecule is COc1cccc2c1OCC(CN1CCCCC1)C2N. The van der Waals surface area contributed by atoms with E-state index in [2.05, 4.69) is 11.0 Å². The molecule has 2 N–H and O–H groups in total. The van der Waals surface area contributed by atoms with E-state index in [1.165, 1.54) is 32.4 Å². The van der Waals surface area contributed by atoms with Crippen LogP contribution in [0.3, 0.4) is 0 Å². The fraction of sp³-hybridized carbons (Fsp3) is 0.625. The van der Waals surface area contributed by atoms with Gasteiger partial charge in [0.15, 0.2) is 11.5 Å². The van der Waals surface area contributed by atoms with Gasteiger partial charge in [-0.15, -0.1) is 0 Å². The van der Waals surface area contributed by atoms with E-state index < -0.39 is 0 Å². The molecule has 2 heterocycles. The van der Waals surface area contributed by atoms with Crippen LogP contribution in [0, 0.1) is 5.92 Å². The summed E-state index contributed by atoms with van der Waals surface area (Å²) in [7, 11) is 1.67. The first-order chi connectivity index (χ1) is 9.79. The molecule has 2 aliphatic rings. The zero-order valence-corrected chi connectivity index (χ0v) is 12.2. The van der Waals surface area contributed by atoms with Crippen molar-refractivity contribution in [3.8, 4) is 11.5 Å². The Kier molecular flexibility index (Phi) is 4.13. The van der Waals surface area contributed by atoms with E-state index in [1.54, 1.807) is 7.11 Å². The molecule has 0 spiro atoms. The summed E-state index contributed by atoms with van der Waals surface area (Å²) < 4.78 is 11.3. The van der Waals surface area contributed by atoms with Crippen LogP contribution in [-0.2, 0) is 0 Å². The van der Waals surface area contributed by atoms with E-state index in [0.717, 1.165) is 23.6 Å². The second-order valence-corrected chi connectivity index (χ2v) is 5.84. The van der Waals surface area contributed by atoms with Gasteiger partial charge in [0.2, 0.25) is 0 Å². The Balaban J connectivity index is 1.73. The maximum atomic E-state index is 6.47. The third-order valence-corrected chi connectivity index (χ3v) is 4.48. The number of para-hydroxylation sites is 1. The lowest BCUT2D eigenvalue weighted by Crippen LogP contribution is -2.42. The molecule has 0 saturated carbocycles. The van der Waals surface area contributed by atoms with Gasteiger partial charge in [0.25, 0.3) is 0 Å². The van der Waals surface area contributed by atoms with Crippen LogP contribution in [0.1, 0.15) is 30.9 Å². The molecule has 2 atom stereocenters. The van der Waals surface area contributed by atoms with Crippen LogP contribution < -0.4 is 15.2 Å².